The maximum absolute atomic E-state index is 13.6. The molecule has 212 valence electrons. The largest absolute Gasteiger partial charge is 0.376 e. The van der Waals surface area contributed by atoms with E-state index >= 15 is 0 Å². The second-order valence-corrected chi connectivity index (χ2v) is 12.5. The predicted octanol–water partition coefficient (Wildman–Crippen LogP) is 7.31. The van der Waals surface area contributed by atoms with E-state index in [0.717, 1.165) is 62.0 Å². The Morgan fingerprint density at radius 2 is 1.97 bits per heavy atom. The van der Waals surface area contributed by atoms with Crippen molar-refractivity contribution in [3.63, 3.8) is 0 Å². The van der Waals surface area contributed by atoms with Gasteiger partial charge in [-0.3, -0.25) is 9.59 Å². The zero-order valence-electron chi connectivity index (χ0n) is 24.3. The van der Waals surface area contributed by atoms with Gasteiger partial charge in [0.05, 0.1) is 17.1 Å². The second kappa shape index (κ2) is 13.7. The van der Waals surface area contributed by atoms with E-state index in [0.29, 0.717) is 30.5 Å². The standard InChI is InChI=1S/C32H45N3O3S/c1-6-25(7-2)35-29-14-13-23(18-28(29)33-31(35)20-27-12-10-16-39-27)30(36)19-24(17-22(3)4)32(37)34(5)21-26-11-8-9-15-38-26/h10,12-14,16,18,22,24-26H,6-9,11,15,17,19-21H2,1-5H3/t24-,26?/m1/s1. The molecule has 39 heavy (non-hydrogen) atoms. The Bertz CT molecular complexity index is 1220. The van der Waals surface area contributed by atoms with Gasteiger partial charge in [-0.1, -0.05) is 33.8 Å². The van der Waals surface area contributed by atoms with Gasteiger partial charge in [-0.05, 0) is 74.1 Å². The first kappa shape index (κ1) is 29.5. The number of fused-ring (bicyclic) bond motifs is 1. The van der Waals surface area contributed by atoms with Crippen molar-refractivity contribution in [2.45, 2.75) is 91.2 Å². The third-order valence-electron chi connectivity index (χ3n) is 7.97. The first-order valence-corrected chi connectivity index (χ1v) is 15.6. The zero-order chi connectivity index (χ0) is 27.9. The molecule has 1 amide bonds. The smallest absolute Gasteiger partial charge is 0.225 e. The molecule has 1 fully saturated rings. The van der Waals surface area contributed by atoms with Crippen LogP contribution in [0.25, 0.3) is 11.0 Å². The Morgan fingerprint density at radius 1 is 1.18 bits per heavy atom. The Balaban J connectivity index is 1.55. The molecule has 0 radical (unpaired) electrons. The van der Waals surface area contributed by atoms with E-state index in [1.54, 1.807) is 16.2 Å². The number of Topliss-reactive ketones (excluding diaryl/α,β-unsaturated/α-hetero) is 1. The van der Waals surface area contributed by atoms with Crippen LogP contribution in [0.1, 0.15) is 99.7 Å². The van der Waals surface area contributed by atoms with E-state index in [2.05, 4.69) is 55.8 Å². The fourth-order valence-corrected chi connectivity index (χ4v) is 6.62. The summed E-state index contributed by atoms with van der Waals surface area (Å²) in [4.78, 5) is 35.1. The predicted molar refractivity (Wildman–Crippen MR) is 160 cm³/mol. The van der Waals surface area contributed by atoms with Gasteiger partial charge >= 0.3 is 0 Å². The molecule has 1 unspecified atom stereocenters. The molecular formula is C32H45N3O3S. The van der Waals surface area contributed by atoms with Gasteiger partial charge in [0.1, 0.15) is 5.82 Å². The average molecular weight is 552 g/mol. The number of imidazole rings is 1. The molecular weight excluding hydrogens is 506 g/mol. The van der Waals surface area contributed by atoms with Gasteiger partial charge in [-0.15, -0.1) is 11.3 Å². The maximum atomic E-state index is 13.6. The van der Waals surface area contributed by atoms with E-state index in [4.69, 9.17) is 9.72 Å². The van der Waals surface area contributed by atoms with Crippen molar-refractivity contribution in [1.29, 1.82) is 0 Å². The van der Waals surface area contributed by atoms with Crippen LogP contribution in [0, 0.1) is 11.8 Å². The van der Waals surface area contributed by atoms with Gasteiger partial charge in [-0.25, -0.2) is 4.98 Å². The Labute approximate surface area is 237 Å². The van der Waals surface area contributed by atoms with Crippen molar-refractivity contribution in [3.05, 3.63) is 52.0 Å². The minimum absolute atomic E-state index is 0.00936. The molecule has 0 saturated carbocycles. The summed E-state index contributed by atoms with van der Waals surface area (Å²) in [6.45, 7) is 10.0. The molecule has 3 aromatic rings. The lowest BCUT2D eigenvalue weighted by molar-refractivity contribution is -0.137. The van der Waals surface area contributed by atoms with Crippen LogP contribution in [0.3, 0.4) is 0 Å². The summed E-state index contributed by atoms with van der Waals surface area (Å²) in [7, 11) is 1.85. The Hall–Kier alpha value is -2.51. The number of hydrogen-bond acceptors (Lipinski definition) is 5. The van der Waals surface area contributed by atoms with Crippen LogP contribution in [-0.4, -0.2) is 52.4 Å². The van der Waals surface area contributed by atoms with Gasteiger partial charge in [0.25, 0.3) is 0 Å². The third kappa shape index (κ3) is 7.37. The summed E-state index contributed by atoms with van der Waals surface area (Å²) in [5, 5.41) is 2.10. The van der Waals surface area contributed by atoms with E-state index in [9.17, 15) is 9.59 Å². The van der Waals surface area contributed by atoms with Crippen molar-refractivity contribution in [3.8, 4) is 0 Å². The average Bonchev–Trinajstić information content (AvgIpc) is 3.56. The number of amides is 1. The van der Waals surface area contributed by atoms with E-state index in [-0.39, 0.29) is 30.1 Å². The maximum Gasteiger partial charge on any atom is 0.225 e. The molecule has 1 saturated heterocycles. The van der Waals surface area contributed by atoms with Gasteiger partial charge in [0.2, 0.25) is 5.91 Å². The van der Waals surface area contributed by atoms with Crippen molar-refractivity contribution in [2.75, 3.05) is 20.2 Å². The lowest BCUT2D eigenvalue weighted by Gasteiger charge is -2.30. The highest BCUT2D eigenvalue weighted by Crippen LogP contribution is 2.29. The number of likely N-dealkylation sites (N-methyl/N-ethyl adjacent to an activating group) is 1. The molecule has 4 rings (SSSR count). The molecule has 7 heteroatoms. The second-order valence-electron chi connectivity index (χ2n) is 11.5. The van der Waals surface area contributed by atoms with Gasteiger partial charge in [-0.2, -0.15) is 0 Å². The highest BCUT2D eigenvalue weighted by atomic mass is 32.1. The van der Waals surface area contributed by atoms with Crippen LogP contribution in [0.2, 0.25) is 0 Å². The third-order valence-corrected chi connectivity index (χ3v) is 8.85. The normalized spacial score (nSPS) is 16.7. The monoisotopic (exact) mass is 551 g/mol. The lowest BCUT2D eigenvalue weighted by atomic mass is 9.89. The number of ether oxygens (including phenoxy) is 1. The minimum atomic E-state index is -0.335. The van der Waals surface area contributed by atoms with Crippen LogP contribution >= 0.6 is 11.3 Å². The summed E-state index contributed by atoms with van der Waals surface area (Å²) < 4.78 is 8.23. The molecule has 2 aromatic heterocycles. The number of ketones is 1. The van der Waals surface area contributed by atoms with Gasteiger partial charge in [0, 0.05) is 55.4 Å². The summed E-state index contributed by atoms with van der Waals surface area (Å²) in [6, 6.07) is 10.5. The molecule has 1 aliphatic heterocycles. The summed E-state index contributed by atoms with van der Waals surface area (Å²) in [5.74, 6) is 1.09. The molecule has 0 N–H and O–H groups in total. The van der Waals surface area contributed by atoms with Crippen LogP contribution < -0.4 is 0 Å². The van der Waals surface area contributed by atoms with E-state index in [1.165, 1.54) is 4.88 Å². The molecule has 0 spiro atoms. The van der Waals surface area contributed by atoms with Gasteiger partial charge in [0.15, 0.2) is 5.78 Å². The Kier molecular flexibility index (Phi) is 10.4. The number of hydrogen-bond donors (Lipinski definition) is 0. The fourth-order valence-electron chi connectivity index (χ4n) is 5.92. The number of carbonyl (C=O) groups excluding carboxylic acids is 2. The zero-order valence-corrected chi connectivity index (χ0v) is 25.1. The molecule has 0 aliphatic carbocycles. The number of carbonyl (C=O) groups is 2. The number of benzene rings is 1. The highest BCUT2D eigenvalue weighted by molar-refractivity contribution is 7.09. The number of thiophene rings is 1. The fraction of sp³-hybridized carbons (Fsp3) is 0.594. The summed E-state index contributed by atoms with van der Waals surface area (Å²) >= 11 is 1.75. The minimum Gasteiger partial charge on any atom is -0.376 e. The molecule has 6 nitrogen and oxygen atoms in total. The van der Waals surface area contributed by atoms with Crippen molar-refractivity contribution in [1.82, 2.24) is 14.5 Å². The Morgan fingerprint density at radius 3 is 2.62 bits per heavy atom. The SMILES string of the molecule is CCC(CC)n1c(Cc2cccs2)nc2cc(C(=O)C[C@@H](CC(C)C)C(=O)N(C)CC3CCCCO3)ccc21. The highest BCUT2D eigenvalue weighted by Gasteiger charge is 2.28. The number of nitrogens with zero attached hydrogens (tertiary/aromatic N) is 3. The molecule has 2 atom stereocenters. The van der Waals surface area contributed by atoms with Crippen LogP contribution in [0.5, 0.6) is 0 Å². The topological polar surface area (TPSA) is 64.4 Å². The van der Waals surface area contributed by atoms with Crippen molar-refractivity contribution in [2.24, 2.45) is 11.8 Å². The van der Waals surface area contributed by atoms with Gasteiger partial charge < -0.3 is 14.2 Å². The first-order chi connectivity index (χ1) is 18.8. The first-order valence-electron chi connectivity index (χ1n) is 14.7. The van der Waals surface area contributed by atoms with E-state index in [1.807, 2.05) is 19.2 Å². The quantitative estimate of drug-likeness (QED) is 0.209. The van der Waals surface area contributed by atoms with Crippen LogP contribution in [0.4, 0.5) is 0 Å². The van der Waals surface area contributed by atoms with E-state index < -0.39 is 0 Å². The van der Waals surface area contributed by atoms with Crippen LogP contribution in [0.15, 0.2) is 35.7 Å². The van der Waals surface area contributed by atoms with Crippen molar-refractivity contribution < 1.29 is 14.3 Å². The summed E-state index contributed by atoms with van der Waals surface area (Å²) in [6.07, 6.45) is 7.07. The molecule has 1 aliphatic rings. The number of rotatable bonds is 13. The van der Waals surface area contributed by atoms with Crippen molar-refractivity contribution >= 4 is 34.1 Å². The number of aromatic nitrogens is 2. The van der Waals surface area contributed by atoms with Crippen LogP contribution in [-0.2, 0) is 16.0 Å². The lowest BCUT2D eigenvalue weighted by Crippen LogP contribution is -2.41. The summed E-state index contributed by atoms with van der Waals surface area (Å²) in [5.41, 5.74) is 2.57. The molecule has 3 heterocycles. The molecule has 0 bridgehead atoms. The molecule has 1 aromatic carbocycles.